The Bertz CT molecular complexity index is 869. The first kappa shape index (κ1) is 16.4. The summed E-state index contributed by atoms with van der Waals surface area (Å²) in [7, 11) is 0. The number of aromatic nitrogens is 4. The van der Waals surface area contributed by atoms with Gasteiger partial charge in [0.1, 0.15) is 0 Å². The van der Waals surface area contributed by atoms with Crippen molar-refractivity contribution in [2.45, 2.75) is 18.9 Å². The number of piperidine rings is 1. The van der Waals surface area contributed by atoms with Crippen molar-refractivity contribution in [3.05, 3.63) is 60.7 Å². The van der Waals surface area contributed by atoms with Crippen molar-refractivity contribution in [3.8, 4) is 11.4 Å². The molecule has 132 valence electrons. The maximum Gasteiger partial charge on any atom is 0.276 e. The second kappa shape index (κ2) is 7.45. The molecule has 2 aromatic heterocycles. The van der Waals surface area contributed by atoms with Crippen LogP contribution in [0.15, 0.2) is 55.0 Å². The predicted molar refractivity (Wildman–Crippen MR) is 98.8 cm³/mol. The van der Waals surface area contributed by atoms with Crippen molar-refractivity contribution in [3.63, 3.8) is 0 Å². The number of benzene rings is 1. The van der Waals surface area contributed by atoms with Gasteiger partial charge in [0.15, 0.2) is 11.5 Å². The van der Waals surface area contributed by atoms with E-state index < -0.39 is 0 Å². The van der Waals surface area contributed by atoms with Gasteiger partial charge in [-0.3, -0.25) is 9.48 Å². The SMILES string of the molecule is O=C(Nc1cnc(-c2ccccc2)nc1)c1ccn(C2CCCNC2)n1. The van der Waals surface area contributed by atoms with Crippen molar-refractivity contribution >= 4 is 11.6 Å². The zero-order valence-electron chi connectivity index (χ0n) is 14.3. The lowest BCUT2D eigenvalue weighted by atomic mass is 10.1. The molecule has 2 N–H and O–H groups in total. The first-order chi connectivity index (χ1) is 12.8. The number of carbonyl (C=O) groups excluding carboxylic acids is 1. The van der Waals surface area contributed by atoms with Crippen molar-refractivity contribution in [2.75, 3.05) is 18.4 Å². The highest BCUT2D eigenvalue weighted by molar-refractivity contribution is 6.02. The first-order valence-electron chi connectivity index (χ1n) is 8.74. The fourth-order valence-corrected chi connectivity index (χ4v) is 3.05. The first-order valence-corrected chi connectivity index (χ1v) is 8.74. The third kappa shape index (κ3) is 3.62. The van der Waals surface area contributed by atoms with Crippen LogP contribution in [-0.4, -0.2) is 38.7 Å². The lowest BCUT2D eigenvalue weighted by Crippen LogP contribution is -2.32. The zero-order chi connectivity index (χ0) is 17.8. The van der Waals surface area contributed by atoms with Crippen molar-refractivity contribution in [2.24, 2.45) is 0 Å². The fraction of sp³-hybridized carbons (Fsp3) is 0.263. The van der Waals surface area contributed by atoms with Gasteiger partial charge in [0.25, 0.3) is 5.91 Å². The summed E-state index contributed by atoms with van der Waals surface area (Å²) in [5.74, 6) is 0.362. The molecule has 0 aliphatic carbocycles. The van der Waals surface area contributed by atoms with E-state index in [2.05, 4.69) is 25.7 Å². The minimum atomic E-state index is -0.261. The van der Waals surface area contributed by atoms with Gasteiger partial charge in [-0.2, -0.15) is 5.10 Å². The van der Waals surface area contributed by atoms with E-state index in [0.717, 1.165) is 31.5 Å². The molecular weight excluding hydrogens is 328 g/mol. The molecule has 1 aliphatic rings. The second-order valence-corrected chi connectivity index (χ2v) is 6.30. The van der Waals surface area contributed by atoms with Crippen LogP contribution in [0.25, 0.3) is 11.4 Å². The van der Waals surface area contributed by atoms with E-state index in [0.29, 0.717) is 23.2 Å². The van der Waals surface area contributed by atoms with Gasteiger partial charge in [0.2, 0.25) is 0 Å². The van der Waals surface area contributed by atoms with Crippen LogP contribution in [0.2, 0.25) is 0 Å². The summed E-state index contributed by atoms with van der Waals surface area (Å²) in [6.45, 7) is 1.93. The van der Waals surface area contributed by atoms with Gasteiger partial charge in [-0.25, -0.2) is 9.97 Å². The summed E-state index contributed by atoms with van der Waals surface area (Å²) in [5, 5.41) is 10.6. The van der Waals surface area contributed by atoms with Gasteiger partial charge in [-0.1, -0.05) is 30.3 Å². The van der Waals surface area contributed by atoms with Crippen LogP contribution < -0.4 is 10.6 Å². The average Bonchev–Trinajstić information content (AvgIpc) is 3.20. The van der Waals surface area contributed by atoms with E-state index in [4.69, 9.17) is 0 Å². The van der Waals surface area contributed by atoms with Gasteiger partial charge in [-0.15, -0.1) is 0 Å². The number of anilines is 1. The predicted octanol–water partition coefficient (Wildman–Crippen LogP) is 2.52. The Labute approximate surface area is 151 Å². The van der Waals surface area contributed by atoms with Gasteiger partial charge >= 0.3 is 0 Å². The molecule has 1 aromatic carbocycles. The summed E-state index contributed by atoms with van der Waals surface area (Å²) < 4.78 is 1.87. The highest BCUT2D eigenvalue weighted by Crippen LogP contribution is 2.17. The third-order valence-corrected chi connectivity index (χ3v) is 4.43. The highest BCUT2D eigenvalue weighted by atomic mass is 16.2. The van der Waals surface area contributed by atoms with Crippen molar-refractivity contribution in [1.82, 2.24) is 25.1 Å². The third-order valence-electron chi connectivity index (χ3n) is 4.43. The molecule has 0 radical (unpaired) electrons. The van der Waals surface area contributed by atoms with Crippen LogP contribution in [0.4, 0.5) is 5.69 Å². The number of amides is 1. The number of nitrogens with zero attached hydrogens (tertiary/aromatic N) is 4. The maximum absolute atomic E-state index is 12.4. The molecule has 7 heteroatoms. The summed E-state index contributed by atoms with van der Waals surface area (Å²) in [6, 6.07) is 11.8. The van der Waals surface area contributed by atoms with Crippen molar-refractivity contribution < 1.29 is 4.79 Å². The Kier molecular flexibility index (Phi) is 4.70. The Balaban J connectivity index is 1.42. The van der Waals surface area contributed by atoms with E-state index in [9.17, 15) is 4.79 Å². The van der Waals surface area contributed by atoms with Gasteiger partial charge in [0, 0.05) is 18.3 Å². The molecule has 7 nitrogen and oxygen atoms in total. The Hall–Kier alpha value is -3.06. The van der Waals surface area contributed by atoms with E-state index >= 15 is 0 Å². The molecule has 4 rings (SSSR count). The largest absolute Gasteiger partial charge is 0.318 e. The molecule has 1 unspecified atom stereocenters. The monoisotopic (exact) mass is 348 g/mol. The molecule has 1 saturated heterocycles. The van der Waals surface area contributed by atoms with E-state index in [1.54, 1.807) is 18.5 Å². The number of carbonyl (C=O) groups is 1. The summed E-state index contributed by atoms with van der Waals surface area (Å²) in [4.78, 5) is 21.0. The average molecular weight is 348 g/mol. The van der Waals surface area contributed by atoms with Gasteiger partial charge in [0.05, 0.1) is 24.1 Å². The highest BCUT2D eigenvalue weighted by Gasteiger charge is 2.18. The summed E-state index contributed by atoms with van der Waals surface area (Å²) >= 11 is 0. The van der Waals surface area contributed by atoms with E-state index in [-0.39, 0.29) is 5.91 Å². The minimum Gasteiger partial charge on any atom is -0.318 e. The van der Waals surface area contributed by atoms with Crippen LogP contribution in [-0.2, 0) is 0 Å². The molecule has 1 aliphatic heterocycles. The number of hydrogen-bond acceptors (Lipinski definition) is 5. The maximum atomic E-state index is 12.4. The lowest BCUT2D eigenvalue weighted by Gasteiger charge is -2.22. The fourth-order valence-electron chi connectivity index (χ4n) is 3.05. The lowest BCUT2D eigenvalue weighted by molar-refractivity contribution is 0.102. The molecule has 3 aromatic rings. The van der Waals surface area contributed by atoms with Crippen LogP contribution in [0.5, 0.6) is 0 Å². The smallest absolute Gasteiger partial charge is 0.276 e. The molecule has 0 saturated carbocycles. The van der Waals surface area contributed by atoms with Crippen molar-refractivity contribution in [1.29, 1.82) is 0 Å². The minimum absolute atomic E-state index is 0.261. The Morgan fingerprint density at radius 1 is 1.15 bits per heavy atom. The number of rotatable bonds is 4. The van der Waals surface area contributed by atoms with Crippen LogP contribution in [0.3, 0.4) is 0 Å². The molecule has 1 amide bonds. The quantitative estimate of drug-likeness (QED) is 0.757. The topological polar surface area (TPSA) is 84.7 Å². The second-order valence-electron chi connectivity index (χ2n) is 6.30. The van der Waals surface area contributed by atoms with Gasteiger partial charge in [-0.05, 0) is 25.5 Å². The van der Waals surface area contributed by atoms with Gasteiger partial charge < -0.3 is 10.6 Å². The molecule has 0 bridgehead atoms. The Morgan fingerprint density at radius 3 is 2.69 bits per heavy atom. The van der Waals surface area contributed by atoms with E-state index in [1.165, 1.54) is 0 Å². The summed E-state index contributed by atoms with van der Waals surface area (Å²) in [6.07, 6.45) is 7.27. The van der Waals surface area contributed by atoms with E-state index in [1.807, 2.05) is 41.2 Å². The number of nitrogens with one attached hydrogen (secondary N) is 2. The molecule has 3 heterocycles. The summed E-state index contributed by atoms with van der Waals surface area (Å²) in [5.41, 5.74) is 1.87. The molecule has 1 fully saturated rings. The molecular formula is C19H20N6O. The standard InChI is InChI=1S/C19H20N6O/c26-19(17-8-10-25(24-17)16-7-4-9-20-13-16)23-15-11-21-18(22-12-15)14-5-2-1-3-6-14/h1-3,5-6,8,10-12,16,20H,4,7,9,13H2,(H,23,26). The van der Waals surface area contributed by atoms with Crippen LogP contribution >= 0.6 is 0 Å². The molecule has 26 heavy (non-hydrogen) atoms. The van der Waals surface area contributed by atoms with Crippen LogP contribution in [0, 0.1) is 0 Å². The normalized spacial score (nSPS) is 17.0. The molecule has 1 atom stereocenters. The molecule has 0 spiro atoms. The number of hydrogen-bond donors (Lipinski definition) is 2. The zero-order valence-corrected chi connectivity index (χ0v) is 14.3. The van der Waals surface area contributed by atoms with Crippen LogP contribution in [0.1, 0.15) is 29.4 Å². The Morgan fingerprint density at radius 2 is 1.96 bits per heavy atom.